The zero-order valence-electron chi connectivity index (χ0n) is 21.7. The van der Waals surface area contributed by atoms with Crippen LogP contribution in [-0.4, -0.2) is 33.4 Å². The van der Waals surface area contributed by atoms with E-state index >= 15 is 0 Å². The second-order valence-electron chi connectivity index (χ2n) is 9.22. The Labute approximate surface area is 239 Å². The predicted molar refractivity (Wildman–Crippen MR) is 161 cm³/mol. The number of aromatic nitrogens is 2. The van der Waals surface area contributed by atoms with Crippen molar-refractivity contribution in [2.24, 2.45) is 0 Å². The van der Waals surface area contributed by atoms with E-state index in [1.54, 1.807) is 24.3 Å². The maximum atomic E-state index is 9.54. The molecule has 7 nitrogen and oxygen atoms in total. The van der Waals surface area contributed by atoms with Crippen LogP contribution in [0.1, 0.15) is 11.1 Å². The van der Waals surface area contributed by atoms with Gasteiger partial charge in [-0.05, 0) is 76.6 Å². The Bertz CT molecular complexity index is 1920. The quantitative estimate of drug-likeness (QED) is 0.226. The first kappa shape index (κ1) is 26.4. The number of nitrogens with zero attached hydrogens (tertiary/aromatic N) is 5. The summed E-state index contributed by atoms with van der Waals surface area (Å²) in [6, 6.07) is 34.0. The summed E-state index contributed by atoms with van der Waals surface area (Å²) in [4.78, 5) is 1.94. The van der Waals surface area contributed by atoms with Gasteiger partial charge >= 0.3 is 0 Å². The zero-order valence-corrected chi connectivity index (χ0v) is 23.3. The van der Waals surface area contributed by atoms with E-state index in [9.17, 15) is 20.7 Å². The van der Waals surface area contributed by atoms with Crippen LogP contribution >= 0.6 is 15.9 Å². The van der Waals surface area contributed by atoms with E-state index in [2.05, 4.69) is 28.1 Å². The van der Waals surface area contributed by atoms with Gasteiger partial charge < -0.3 is 19.7 Å². The molecule has 0 radical (unpaired) electrons. The third-order valence-corrected chi connectivity index (χ3v) is 7.28. The highest BCUT2D eigenvalue weighted by Gasteiger charge is 2.19. The average molecular weight is 590 g/mol. The van der Waals surface area contributed by atoms with E-state index in [0.717, 1.165) is 43.6 Å². The molecule has 2 heterocycles. The molecule has 0 atom stereocenters. The van der Waals surface area contributed by atoms with Crippen molar-refractivity contribution in [3.8, 4) is 35.0 Å². The van der Waals surface area contributed by atoms with Gasteiger partial charge in [0.1, 0.15) is 39.6 Å². The Morgan fingerprint density at radius 1 is 0.625 bits per heavy atom. The van der Waals surface area contributed by atoms with Crippen molar-refractivity contribution < 1.29 is 10.2 Å². The van der Waals surface area contributed by atoms with Crippen molar-refractivity contribution in [3.05, 3.63) is 113 Å². The molecule has 6 rings (SSSR count). The van der Waals surface area contributed by atoms with Gasteiger partial charge in [-0.2, -0.15) is 10.5 Å². The SMILES string of the molecule is CN(C)c1c(C#N)c2ccccc2n1-c1ccc(O)cc1.N#Cc1c(Br)n(-c2ccc(O)cc2)c2ccccc12. The molecule has 196 valence electrons. The lowest BCUT2D eigenvalue weighted by molar-refractivity contribution is 0.474. The van der Waals surface area contributed by atoms with Crippen molar-refractivity contribution in [2.75, 3.05) is 19.0 Å². The highest BCUT2D eigenvalue weighted by atomic mass is 79.9. The zero-order chi connectivity index (χ0) is 28.4. The molecule has 0 fully saturated rings. The molecule has 0 saturated carbocycles. The number of benzene rings is 4. The van der Waals surface area contributed by atoms with Gasteiger partial charge in [0.25, 0.3) is 0 Å². The number of fused-ring (bicyclic) bond motifs is 2. The van der Waals surface area contributed by atoms with Gasteiger partial charge in [0.2, 0.25) is 0 Å². The summed E-state index contributed by atoms with van der Waals surface area (Å²) in [5.41, 5.74) is 5.00. The number of para-hydroxylation sites is 2. The Morgan fingerprint density at radius 3 is 1.52 bits per heavy atom. The first-order valence-corrected chi connectivity index (χ1v) is 13.1. The van der Waals surface area contributed by atoms with Crippen LogP contribution in [0.5, 0.6) is 11.5 Å². The number of halogens is 1. The minimum absolute atomic E-state index is 0.219. The Kier molecular flexibility index (Phi) is 7.20. The molecule has 6 aromatic rings. The normalized spacial score (nSPS) is 10.5. The lowest BCUT2D eigenvalue weighted by Crippen LogP contribution is -2.14. The number of phenols is 2. The van der Waals surface area contributed by atoms with Gasteiger partial charge in [-0.3, -0.25) is 4.57 Å². The molecule has 0 aliphatic rings. The molecule has 8 heteroatoms. The molecule has 2 aromatic heterocycles. The number of aromatic hydroxyl groups is 2. The summed E-state index contributed by atoms with van der Waals surface area (Å²) in [5, 5.41) is 39.5. The highest BCUT2D eigenvalue weighted by molar-refractivity contribution is 9.10. The second-order valence-corrected chi connectivity index (χ2v) is 9.97. The molecule has 0 aliphatic heterocycles. The van der Waals surface area contributed by atoms with Gasteiger partial charge in [0.05, 0.1) is 16.6 Å². The van der Waals surface area contributed by atoms with E-state index in [0.29, 0.717) is 11.1 Å². The third kappa shape index (κ3) is 4.62. The fourth-order valence-electron chi connectivity index (χ4n) is 4.79. The summed E-state index contributed by atoms with van der Waals surface area (Å²) in [6.45, 7) is 0. The smallest absolute Gasteiger partial charge is 0.132 e. The Balaban J connectivity index is 0.000000162. The first-order valence-electron chi connectivity index (χ1n) is 12.3. The Hall–Kier alpha value is -5.18. The molecule has 0 saturated heterocycles. The van der Waals surface area contributed by atoms with Gasteiger partial charge in [-0.1, -0.05) is 36.4 Å². The van der Waals surface area contributed by atoms with Crippen LogP contribution in [0, 0.1) is 22.7 Å². The van der Waals surface area contributed by atoms with Crippen LogP contribution in [-0.2, 0) is 0 Å². The lowest BCUT2D eigenvalue weighted by atomic mass is 10.2. The van der Waals surface area contributed by atoms with Crippen molar-refractivity contribution in [3.63, 3.8) is 0 Å². The minimum Gasteiger partial charge on any atom is -0.508 e. The van der Waals surface area contributed by atoms with Crippen molar-refractivity contribution in [1.29, 1.82) is 10.5 Å². The molecule has 0 aliphatic carbocycles. The second kappa shape index (κ2) is 10.9. The van der Waals surface area contributed by atoms with E-state index in [-0.39, 0.29) is 11.5 Å². The monoisotopic (exact) mass is 589 g/mol. The first-order chi connectivity index (χ1) is 19.3. The number of phenolic OH excluding ortho intramolecular Hbond substituents is 2. The summed E-state index contributed by atoms with van der Waals surface area (Å²) in [6.07, 6.45) is 0. The molecule has 0 bridgehead atoms. The Morgan fingerprint density at radius 2 is 1.05 bits per heavy atom. The summed E-state index contributed by atoms with van der Waals surface area (Å²) in [5.74, 6) is 1.28. The van der Waals surface area contributed by atoms with Crippen LogP contribution in [0.2, 0.25) is 0 Å². The van der Waals surface area contributed by atoms with Gasteiger partial charge in [0.15, 0.2) is 0 Å². The minimum atomic E-state index is 0.219. The van der Waals surface area contributed by atoms with E-state index in [1.165, 1.54) is 0 Å². The van der Waals surface area contributed by atoms with Crippen LogP contribution < -0.4 is 4.90 Å². The molecular weight excluding hydrogens is 566 g/mol. The van der Waals surface area contributed by atoms with Crippen LogP contribution in [0.25, 0.3) is 33.2 Å². The topological polar surface area (TPSA) is 101 Å². The third-order valence-electron chi connectivity index (χ3n) is 6.53. The largest absolute Gasteiger partial charge is 0.508 e. The van der Waals surface area contributed by atoms with E-state index in [1.807, 2.05) is 101 Å². The number of nitriles is 2. The summed E-state index contributed by atoms with van der Waals surface area (Å²) < 4.78 is 4.71. The summed E-state index contributed by atoms with van der Waals surface area (Å²) in [7, 11) is 3.85. The number of anilines is 1. The molecular formula is C32H24BrN5O2. The maximum absolute atomic E-state index is 9.54. The van der Waals surface area contributed by atoms with Crippen molar-refractivity contribution in [2.45, 2.75) is 0 Å². The van der Waals surface area contributed by atoms with E-state index in [4.69, 9.17) is 0 Å². The van der Waals surface area contributed by atoms with Crippen LogP contribution in [0.4, 0.5) is 5.82 Å². The maximum Gasteiger partial charge on any atom is 0.132 e. The van der Waals surface area contributed by atoms with Crippen molar-refractivity contribution in [1.82, 2.24) is 9.13 Å². The molecule has 2 N–H and O–H groups in total. The van der Waals surface area contributed by atoms with Gasteiger partial charge in [0, 0.05) is 36.2 Å². The molecule has 4 aromatic carbocycles. The number of hydrogen-bond donors (Lipinski definition) is 2. The molecule has 0 amide bonds. The standard InChI is InChI=1S/C17H15N3O.C15H9BrN2O/c1-19(2)17-15(11-18)14-5-3-4-6-16(14)20(17)12-7-9-13(21)10-8-12;16-15-13(9-17)12-3-1-2-4-14(12)18(15)10-5-7-11(19)8-6-10/h3-10,21H,1-2H3;1-8,19H. The average Bonchev–Trinajstić information content (AvgIpc) is 3.46. The van der Waals surface area contributed by atoms with Crippen LogP contribution in [0.15, 0.2) is 102 Å². The fraction of sp³-hybridized carbons (Fsp3) is 0.0625. The molecule has 0 unspecified atom stereocenters. The van der Waals surface area contributed by atoms with Crippen LogP contribution in [0.3, 0.4) is 0 Å². The predicted octanol–water partition coefficient (Wildman–Crippen LogP) is 7.24. The van der Waals surface area contributed by atoms with Gasteiger partial charge in [-0.25, -0.2) is 0 Å². The van der Waals surface area contributed by atoms with Gasteiger partial charge in [-0.15, -0.1) is 0 Å². The number of rotatable bonds is 3. The highest BCUT2D eigenvalue weighted by Crippen LogP contribution is 2.35. The molecule has 40 heavy (non-hydrogen) atoms. The summed E-state index contributed by atoms with van der Waals surface area (Å²) >= 11 is 3.49. The lowest BCUT2D eigenvalue weighted by Gasteiger charge is -2.17. The number of hydrogen-bond acceptors (Lipinski definition) is 5. The van der Waals surface area contributed by atoms with Crippen molar-refractivity contribution >= 4 is 43.6 Å². The molecule has 0 spiro atoms. The van der Waals surface area contributed by atoms with E-state index < -0.39 is 0 Å². The fourth-order valence-corrected chi connectivity index (χ4v) is 5.49.